The van der Waals surface area contributed by atoms with Gasteiger partial charge in [-0.25, -0.2) is 49.8 Å². The van der Waals surface area contributed by atoms with Crippen molar-refractivity contribution in [2.45, 2.75) is 86.0 Å². The van der Waals surface area contributed by atoms with Crippen molar-refractivity contribution in [3.05, 3.63) is 399 Å². The maximum atomic E-state index is 4.95. The Morgan fingerprint density at radius 1 is 0.176 bits per heavy atom. The molecule has 5 heterocycles. The lowest BCUT2D eigenvalue weighted by molar-refractivity contribution is 0.831. The molecule has 20 rings (SSSR count). The predicted molar refractivity (Wildman–Crippen MR) is 497 cm³/mol. The van der Waals surface area contributed by atoms with Crippen LogP contribution in [0.15, 0.2) is 370 Å². The second-order valence-corrected chi connectivity index (χ2v) is 30.9. The normalized spacial score (nSPS) is 11.2. The molecule has 0 amide bonds. The smallest absolute Gasteiger partial charge is 0.160 e. The number of hydrogen-bond acceptors (Lipinski definition) is 10. The molecule has 0 aliphatic heterocycles. The van der Waals surface area contributed by atoms with Crippen LogP contribution in [0.4, 0.5) is 0 Å². The molecule has 0 aliphatic rings. The van der Waals surface area contributed by atoms with Crippen LogP contribution in [0.1, 0.15) is 108 Å². The van der Waals surface area contributed by atoms with Gasteiger partial charge in [0, 0.05) is 66.0 Å². The Labute approximate surface area is 696 Å². The number of aromatic nitrogens is 10. The van der Waals surface area contributed by atoms with Crippen molar-refractivity contribution >= 4 is 76.1 Å². The monoisotopic (exact) mass is 1540 g/mol. The molecule has 0 bridgehead atoms. The Kier molecular flexibility index (Phi) is 23.8. The fourth-order valence-corrected chi connectivity index (χ4v) is 15.3. The first-order valence-electron chi connectivity index (χ1n) is 41.0. The molecule has 0 aliphatic carbocycles. The van der Waals surface area contributed by atoms with E-state index in [-0.39, 0.29) is 0 Å². The lowest BCUT2D eigenvalue weighted by Crippen LogP contribution is -2.01. The molecule has 578 valence electrons. The van der Waals surface area contributed by atoms with E-state index in [1.165, 1.54) is 43.8 Å². The first-order chi connectivity index (χ1) is 58.2. The average molecular weight is 1540 g/mol. The zero-order valence-electron chi connectivity index (χ0n) is 68.5. The van der Waals surface area contributed by atoms with E-state index in [4.69, 9.17) is 49.8 Å². The number of para-hydroxylation sites is 5. The maximum Gasteiger partial charge on any atom is 0.160 e. The molecule has 0 saturated heterocycles. The van der Waals surface area contributed by atoms with Crippen LogP contribution in [0, 0.1) is 6.92 Å². The minimum Gasteiger partial charge on any atom is -0.233 e. The van der Waals surface area contributed by atoms with Gasteiger partial charge in [0.2, 0.25) is 0 Å². The van der Waals surface area contributed by atoms with Gasteiger partial charge in [-0.2, -0.15) is 0 Å². The fourth-order valence-electron chi connectivity index (χ4n) is 15.3. The number of aryl methyl sites for hydroxylation is 1. The third kappa shape index (κ3) is 17.7. The molecule has 119 heavy (non-hydrogen) atoms. The van der Waals surface area contributed by atoms with Crippen LogP contribution < -0.4 is 0 Å². The predicted octanol–water partition coefficient (Wildman–Crippen LogP) is 28.6. The Bertz CT molecular complexity index is 6950. The van der Waals surface area contributed by atoms with Crippen LogP contribution in [-0.2, 0) is 0 Å². The topological polar surface area (TPSA) is 129 Å². The van der Waals surface area contributed by atoms with Crippen molar-refractivity contribution < 1.29 is 0 Å². The van der Waals surface area contributed by atoms with E-state index in [2.05, 4.69) is 341 Å². The Hall–Kier alpha value is -14.5. The van der Waals surface area contributed by atoms with Crippen LogP contribution in [0.25, 0.3) is 166 Å². The highest BCUT2D eigenvalue weighted by Crippen LogP contribution is 2.38. The van der Waals surface area contributed by atoms with Gasteiger partial charge >= 0.3 is 0 Å². The summed E-state index contributed by atoms with van der Waals surface area (Å²) in [5, 5.41) is 10.5. The molecule has 0 radical (unpaired) electrons. The first kappa shape index (κ1) is 78.4. The van der Waals surface area contributed by atoms with Gasteiger partial charge in [0.05, 0.1) is 50.4 Å². The zero-order chi connectivity index (χ0) is 81.7. The van der Waals surface area contributed by atoms with Crippen molar-refractivity contribution in [3.63, 3.8) is 0 Å². The van der Waals surface area contributed by atoms with Gasteiger partial charge < -0.3 is 0 Å². The van der Waals surface area contributed by atoms with Crippen molar-refractivity contribution in [3.8, 4) is 90.3 Å². The molecule has 0 unspecified atom stereocenters. The summed E-state index contributed by atoms with van der Waals surface area (Å²) in [5.41, 5.74) is 22.8. The third-order valence-electron chi connectivity index (χ3n) is 21.3. The Morgan fingerprint density at radius 3 is 1.05 bits per heavy atom. The average Bonchev–Trinajstić information content (AvgIpc) is 0.785. The maximum absolute atomic E-state index is 4.95. The van der Waals surface area contributed by atoms with Gasteiger partial charge in [0.25, 0.3) is 0 Å². The number of rotatable bonds is 12. The third-order valence-corrected chi connectivity index (χ3v) is 21.3. The van der Waals surface area contributed by atoms with Gasteiger partial charge in [0.1, 0.15) is 0 Å². The molecule has 5 aromatic heterocycles. The van der Waals surface area contributed by atoms with E-state index in [9.17, 15) is 0 Å². The van der Waals surface area contributed by atoms with Crippen molar-refractivity contribution in [2.24, 2.45) is 0 Å². The molecule has 0 atom stereocenters. The fraction of sp³-hybridized carbons (Fsp3) is 0.119. The minimum atomic E-state index is 0.332. The van der Waals surface area contributed by atoms with Crippen molar-refractivity contribution in [1.29, 1.82) is 0 Å². The van der Waals surface area contributed by atoms with E-state index in [0.717, 1.165) is 151 Å². The Morgan fingerprint density at radius 2 is 0.504 bits per heavy atom. The van der Waals surface area contributed by atoms with Gasteiger partial charge in [-0.3, -0.25) is 0 Å². The van der Waals surface area contributed by atoms with Crippen LogP contribution in [0.2, 0.25) is 0 Å². The molecule has 10 nitrogen and oxygen atoms in total. The standard InChI is InChI=1S/3C23H20N2.C21H18N2.C19H14N2/c1-16(2)21-20-15-9-14-19(17-10-5-3-6-11-17)22(20)25-23(24-21)18-12-7-4-8-13-18;1-16(2)22-20-14-8-9-15-21(20)24-23(25-22)19-13-7-6-12-18(19)17-10-4-3-5-11-17;1-16(2)22-20-13-6-7-14-21(20)24-23(25-22)19-12-8-11-18(15-19)17-9-4-3-5-10-17;1-14(2)20-18-9-5-6-10-19(18)22-21(23-20)17-12-11-15-7-3-4-8-16(15)13-17;1-13-15-9-4-5-12-18(15)21-19(20-13)17-11-6-8-14-7-2-3-10-16(14)17/h3*3-16H,1-2H3;3-14H,1-2H3;2-12H,1H3. The van der Waals surface area contributed by atoms with Crippen molar-refractivity contribution in [1.82, 2.24) is 49.8 Å². The van der Waals surface area contributed by atoms with E-state index < -0.39 is 0 Å². The number of fused-ring (bicyclic) bond motifs is 7. The summed E-state index contributed by atoms with van der Waals surface area (Å²) in [6.45, 7) is 19.5. The Balaban J connectivity index is 0.000000111. The minimum absolute atomic E-state index is 0.332. The highest BCUT2D eigenvalue weighted by atomic mass is 14.9. The second-order valence-electron chi connectivity index (χ2n) is 30.9. The molecule has 20 aromatic rings. The summed E-state index contributed by atoms with van der Waals surface area (Å²) in [5.74, 6) is 5.36. The summed E-state index contributed by atoms with van der Waals surface area (Å²) in [7, 11) is 0. The highest BCUT2D eigenvalue weighted by Gasteiger charge is 2.20. The molecule has 0 spiro atoms. The molecule has 0 fully saturated rings. The molecule has 15 aromatic carbocycles. The van der Waals surface area contributed by atoms with E-state index in [0.29, 0.717) is 23.7 Å². The lowest BCUT2D eigenvalue weighted by atomic mass is 9.98. The summed E-state index contributed by atoms with van der Waals surface area (Å²) < 4.78 is 0. The quantitative estimate of drug-likeness (QED) is 0.117. The molecule has 0 saturated carbocycles. The molecule has 10 heteroatoms. The molecule has 0 N–H and O–H groups in total. The largest absolute Gasteiger partial charge is 0.233 e. The first-order valence-corrected chi connectivity index (χ1v) is 41.0. The highest BCUT2D eigenvalue weighted by molar-refractivity contribution is 5.98. The SMILES string of the molecule is CC(C)c1nc(-c2ccc3ccccc3c2)nc2ccccc12.CC(C)c1nc(-c2cccc(-c3ccccc3)c2)nc2ccccc12.CC(C)c1nc(-c2ccccc2)nc2c(-c3ccccc3)cccc12.CC(C)c1nc(-c2ccccc2-c2ccccc2)nc2ccccc12.Cc1nc(-c2cccc3ccccc23)nc2ccccc12. The van der Waals surface area contributed by atoms with Crippen LogP contribution in [-0.4, -0.2) is 49.8 Å². The van der Waals surface area contributed by atoms with Crippen molar-refractivity contribution in [2.75, 3.05) is 0 Å². The number of hydrogen-bond donors (Lipinski definition) is 0. The van der Waals surface area contributed by atoms with Crippen LogP contribution in [0.3, 0.4) is 0 Å². The molecular formula is C109H92N10. The summed E-state index contributed by atoms with van der Waals surface area (Å²) in [4.78, 5) is 48.5. The molecular weight excluding hydrogens is 1450 g/mol. The zero-order valence-corrected chi connectivity index (χ0v) is 68.5. The lowest BCUT2D eigenvalue weighted by Gasteiger charge is -2.14. The summed E-state index contributed by atoms with van der Waals surface area (Å²) in [6.07, 6.45) is 0. The van der Waals surface area contributed by atoms with E-state index >= 15 is 0 Å². The second kappa shape index (κ2) is 36.1. The number of nitrogens with zero attached hydrogens (tertiary/aromatic N) is 10. The summed E-state index contributed by atoms with van der Waals surface area (Å²) in [6, 6.07) is 127. The van der Waals surface area contributed by atoms with Gasteiger partial charge in [-0.15, -0.1) is 0 Å². The van der Waals surface area contributed by atoms with E-state index in [1.807, 2.05) is 91.9 Å². The van der Waals surface area contributed by atoms with Crippen LogP contribution in [0.5, 0.6) is 0 Å². The van der Waals surface area contributed by atoms with Gasteiger partial charge in [-0.1, -0.05) is 389 Å². The van der Waals surface area contributed by atoms with Gasteiger partial charge in [0.15, 0.2) is 29.1 Å². The number of benzene rings is 15. The van der Waals surface area contributed by atoms with Gasteiger partial charge in [-0.05, 0) is 116 Å². The van der Waals surface area contributed by atoms with Crippen LogP contribution >= 0.6 is 0 Å². The van der Waals surface area contributed by atoms with E-state index in [1.54, 1.807) is 0 Å². The summed E-state index contributed by atoms with van der Waals surface area (Å²) >= 11 is 0.